The van der Waals surface area contributed by atoms with Crippen molar-refractivity contribution in [2.24, 2.45) is 11.8 Å². The van der Waals surface area contributed by atoms with Crippen LogP contribution in [0.15, 0.2) is 0 Å². The first-order chi connectivity index (χ1) is 31.4. The van der Waals surface area contributed by atoms with E-state index in [9.17, 15) is 19.2 Å². The van der Waals surface area contributed by atoms with Crippen molar-refractivity contribution in [2.45, 2.75) is 232 Å². The molecule has 0 aromatic rings. The second-order valence-electron chi connectivity index (χ2n) is 18.9. The van der Waals surface area contributed by atoms with Gasteiger partial charge in [0, 0.05) is 63.9 Å². The van der Waals surface area contributed by atoms with Crippen molar-refractivity contribution in [1.29, 1.82) is 0 Å². The molecule has 0 spiro atoms. The van der Waals surface area contributed by atoms with Crippen LogP contribution in [0.25, 0.3) is 0 Å². The fraction of sp³-hybridized carbons (Fsp3) is 0.918. The van der Waals surface area contributed by atoms with Gasteiger partial charge in [0.1, 0.15) is 12.2 Å². The Hall–Kier alpha value is 0.330. The number of ether oxygens (including phenoxy) is 4. The molecule has 2 saturated carbocycles. The number of rotatable bonds is 26. The largest absolute Gasteiger partial charge is 0.465 e. The Kier molecular flexibility index (Phi) is 29.9. The molecular weight excluding hydrogens is 941 g/mol. The summed E-state index contributed by atoms with van der Waals surface area (Å²) in [6, 6.07) is 0. The first kappa shape index (κ1) is 55.3. The van der Waals surface area contributed by atoms with Crippen LogP contribution >= 0.6 is 76.5 Å². The monoisotopic (exact) mass is 1020 g/mol. The summed E-state index contributed by atoms with van der Waals surface area (Å²) >= 11 is 2.09. The Balaban J connectivity index is 0.000000241. The zero-order chi connectivity index (χ0) is 44.9. The maximum absolute atomic E-state index is 12.5. The number of hydrogen-bond donors (Lipinski definition) is 0. The molecule has 8 nitrogen and oxygen atoms in total. The van der Waals surface area contributed by atoms with Crippen LogP contribution in [-0.4, -0.2) is 93.3 Å². The van der Waals surface area contributed by atoms with Gasteiger partial charge in [-0.3, -0.25) is 19.2 Å². The Morgan fingerprint density at radius 1 is 0.375 bits per heavy atom. The van der Waals surface area contributed by atoms with Crippen molar-refractivity contribution in [2.75, 3.05) is 36.2 Å². The van der Waals surface area contributed by atoms with Crippen LogP contribution < -0.4 is 0 Å². The molecule has 6 unspecified atom stereocenters. The molecule has 0 aromatic heterocycles. The van der Waals surface area contributed by atoms with E-state index in [2.05, 4.69) is 11.8 Å². The highest BCUT2D eigenvalue weighted by Crippen LogP contribution is 2.42. The summed E-state index contributed by atoms with van der Waals surface area (Å²) in [5.41, 5.74) is 0. The van der Waals surface area contributed by atoms with Crippen LogP contribution in [0.5, 0.6) is 0 Å². The molecule has 6 rings (SSSR count). The molecule has 4 aliphatic heterocycles. The third kappa shape index (κ3) is 24.7. The van der Waals surface area contributed by atoms with Gasteiger partial charge in [0.25, 0.3) is 0 Å². The highest BCUT2D eigenvalue weighted by molar-refractivity contribution is 8.78. The maximum Gasteiger partial charge on any atom is 0.306 e. The normalized spacial score (nSPS) is 28.4. The van der Waals surface area contributed by atoms with Crippen molar-refractivity contribution < 1.29 is 38.1 Å². The van der Waals surface area contributed by atoms with E-state index in [-0.39, 0.29) is 36.1 Å². The maximum atomic E-state index is 12.5. The van der Waals surface area contributed by atoms with Gasteiger partial charge in [0.15, 0.2) is 0 Å². The minimum absolute atomic E-state index is 0.0280. The van der Waals surface area contributed by atoms with Crippen LogP contribution in [0.2, 0.25) is 0 Å². The Morgan fingerprint density at radius 2 is 0.766 bits per heavy atom. The zero-order valence-electron chi connectivity index (χ0n) is 38.9. The van der Waals surface area contributed by atoms with Gasteiger partial charge in [-0.05, 0) is 152 Å². The molecule has 4 heterocycles. The van der Waals surface area contributed by atoms with Gasteiger partial charge in [0.2, 0.25) is 0 Å². The van der Waals surface area contributed by atoms with Gasteiger partial charge >= 0.3 is 23.9 Å². The topological polar surface area (TPSA) is 105 Å². The van der Waals surface area contributed by atoms with Gasteiger partial charge < -0.3 is 18.9 Å². The number of carbonyl (C=O) groups is 4. The van der Waals surface area contributed by atoms with E-state index in [0.29, 0.717) is 50.7 Å². The third-order valence-corrected chi connectivity index (χ3v) is 24.0. The van der Waals surface area contributed by atoms with Crippen molar-refractivity contribution in [3.63, 3.8) is 0 Å². The molecule has 0 amide bonds. The molecule has 15 heteroatoms. The molecule has 0 aromatic carbocycles. The van der Waals surface area contributed by atoms with Gasteiger partial charge in [-0.2, -0.15) is 11.8 Å². The molecule has 0 bridgehead atoms. The second kappa shape index (κ2) is 34.6. The zero-order valence-corrected chi connectivity index (χ0v) is 44.6. The van der Waals surface area contributed by atoms with E-state index in [4.69, 9.17) is 18.9 Å². The minimum Gasteiger partial charge on any atom is -0.465 e. The SMILES string of the molecule is O=C(CCCCC1CCCS1)OC1CCCCCCC1OC(=O)CCCCC1CCSS1.O=C(CCCCC1CCSS1)OCC1CCC(COC(=O)CCCCC2CCSS2)CC1. The molecule has 6 fully saturated rings. The number of unbranched alkanes of at least 4 members (excludes halogenated alkanes) is 4. The second-order valence-corrected chi connectivity index (χ2v) is 28.7. The van der Waals surface area contributed by atoms with Crippen molar-refractivity contribution in [1.82, 2.24) is 0 Å². The minimum atomic E-state index is -0.261. The molecule has 6 atom stereocenters. The summed E-state index contributed by atoms with van der Waals surface area (Å²) in [5, 5.41) is 3.16. The molecular formula is C49H82O8S7. The fourth-order valence-corrected chi connectivity index (χ4v) is 19.8. The molecule has 368 valence electrons. The Labute approximate surface area is 415 Å². The summed E-state index contributed by atoms with van der Waals surface area (Å²) in [6.45, 7) is 1.14. The third-order valence-electron chi connectivity index (χ3n) is 13.5. The smallest absolute Gasteiger partial charge is 0.306 e. The van der Waals surface area contributed by atoms with Gasteiger partial charge in [-0.1, -0.05) is 103 Å². The lowest BCUT2D eigenvalue weighted by Gasteiger charge is -2.29. The van der Waals surface area contributed by atoms with Crippen molar-refractivity contribution in [3.8, 4) is 0 Å². The lowest BCUT2D eigenvalue weighted by molar-refractivity contribution is -0.170. The van der Waals surface area contributed by atoms with E-state index < -0.39 is 0 Å². The summed E-state index contributed by atoms with van der Waals surface area (Å²) in [7, 11) is 12.0. The van der Waals surface area contributed by atoms with Crippen LogP contribution in [0.4, 0.5) is 0 Å². The lowest BCUT2D eigenvalue weighted by Crippen LogP contribution is -2.36. The van der Waals surface area contributed by atoms with E-state index >= 15 is 0 Å². The summed E-state index contributed by atoms with van der Waals surface area (Å²) < 4.78 is 22.8. The van der Waals surface area contributed by atoms with Crippen LogP contribution in [-0.2, 0) is 38.1 Å². The van der Waals surface area contributed by atoms with Crippen molar-refractivity contribution in [3.05, 3.63) is 0 Å². The molecule has 2 aliphatic carbocycles. The number of esters is 4. The molecule has 64 heavy (non-hydrogen) atoms. The van der Waals surface area contributed by atoms with E-state index in [1.165, 1.54) is 93.6 Å². The summed E-state index contributed by atoms with van der Waals surface area (Å²) in [4.78, 5) is 49.0. The first-order valence-corrected chi connectivity index (χ1v) is 33.8. The molecule has 4 saturated heterocycles. The fourth-order valence-electron chi connectivity index (χ4n) is 9.40. The number of carbonyl (C=O) groups excluding carboxylic acids is 4. The van der Waals surface area contributed by atoms with Crippen LogP contribution in [0.1, 0.15) is 199 Å². The van der Waals surface area contributed by atoms with E-state index in [1.807, 2.05) is 64.8 Å². The van der Waals surface area contributed by atoms with Crippen LogP contribution in [0.3, 0.4) is 0 Å². The Morgan fingerprint density at radius 3 is 1.12 bits per heavy atom. The predicted molar refractivity (Wildman–Crippen MR) is 280 cm³/mol. The Bertz CT molecular complexity index is 1190. The molecule has 6 aliphatic rings. The first-order valence-electron chi connectivity index (χ1n) is 25.6. The lowest BCUT2D eigenvalue weighted by atomic mass is 9.83. The van der Waals surface area contributed by atoms with Gasteiger partial charge in [-0.15, -0.1) is 0 Å². The van der Waals surface area contributed by atoms with Gasteiger partial charge in [0.05, 0.1) is 13.2 Å². The average Bonchev–Trinajstić information content (AvgIpc) is 4.16. The standard InChI is InChI=1S/C25H42O4S3.C24H40O4S4/c26-24(15-7-5-10-20-12-9-18-30-20)28-22-13-3-1-2-4-14-23(22)29-25(27)16-8-6-11-21-17-19-31-32-21;25-23(7-3-1-5-21-13-15-29-31-21)27-17-19-9-11-20(12-10-19)18-28-24(26)8-4-2-6-22-14-16-30-32-22/h20-23H,1-19H2;19-22H,1-18H2. The van der Waals surface area contributed by atoms with E-state index in [1.54, 1.807) is 0 Å². The summed E-state index contributed by atoms with van der Waals surface area (Å²) in [6.07, 6.45) is 31.6. The highest BCUT2D eigenvalue weighted by Gasteiger charge is 2.30. The predicted octanol–water partition coefficient (Wildman–Crippen LogP) is 14.6. The van der Waals surface area contributed by atoms with E-state index in [0.717, 1.165) is 124 Å². The number of hydrogen-bond acceptors (Lipinski definition) is 15. The van der Waals surface area contributed by atoms with Crippen LogP contribution in [0, 0.1) is 11.8 Å². The average molecular weight is 1020 g/mol. The molecule has 0 N–H and O–H groups in total. The van der Waals surface area contributed by atoms with Crippen molar-refractivity contribution >= 4 is 100 Å². The molecule has 0 radical (unpaired) electrons. The highest BCUT2D eigenvalue weighted by atomic mass is 33.1. The van der Waals surface area contributed by atoms with Gasteiger partial charge in [-0.25, -0.2) is 0 Å². The quantitative estimate of drug-likeness (QED) is 0.0355. The summed E-state index contributed by atoms with van der Waals surface area (Å²) in [5.74, 6) is 5.80. The number of thioether (sulfide) groups is 1.